The van der Waals surface area contributed by atoms with Crippen molar-refractivity contribution in [1.29, 1.82) is 5.26 Å². The Kier molecular flexibility index (Phi) is 5.58. The molecule has 0 saturated heterocycles. The molecule has 6 rings (SSSR count). The molecular weight excluding hydrogens is 448 g/mol. The van der Waals surface area contributed by atoms with Crippen molar-refractivity contribution in [2.45, 2.75) is 38.1 Å². The van der Waals surface area contributed by atoms with E-state index in [0.29, 0.717) is 29.1 Å². The lowest BCUT2D eigenvalue weighted by Gasteiger charge is -2.21. The van der Waals surface area contributed by atoms with Crippen molar-refractivity contribution < 1.29 is 0 Å². The van der Waals surface area contributed by atoms with Gasteiger partial charge in [-0.3, -0.25) is 9.25 Å². The van der Waals surface area contributed by atoms with Crippen molar-refractivity contribution in [2.75, 3.05) is 11.1 Å². The molecule has 36 heavy (non-hydrogen) atoms. The molecule has 1 aliphatic carbocycles. The van der Waals surface area contributed by atoms with Crippen molar-refractivity contribution in [3.05, 3.63) is 78.9 Å². The first-order valence-corrected chi connectivity index (χ1v) is 12.2. The molecule has 0 amide bonds. The van der Waals surface area contributed by atoms with E-state index in [4.69, 9.17) is 20.8 Å². The number of hydrogen-bond acceptors (Lipinski definition) is 6. The Balaban J connectivity index is 1.41. The van der Waals surface area contributed by atoms with E-state index in [-0.39, 0.29) is 0 Å². The van der Waals surface area contributed by atoms with E-state index in [1.807, 2.05) is 65.6 Å². The Morgan fingerprint density at radius 3 is 2.64 bits per heavy atom. The summed E-state index contributed by atoms with van der Waals surface area (Å²) in [5.41, 5.74) is 10.9. The van der Waals surface area contributed by atoms with E-state index in [2.05, 4.69) is 22.3 Å². The molecule has 3 N–H and O–H groups in total. The van der Waals surface area contributed by atoms with Gasteiger partial charge in [0.15, 0.2) is 0 Å². The molecule has 0 unspecified atom stereocenters. The summed E-state index contributed by atoms with van der Waals surface area (Å²) in [6.45, 7) is 0. The maximum Gasteiger partial charge on any atom is 0.236 e. The third kappa shape index (κ3) is 4.16. The first-order chi connectivity index (χ1) is 17.7. The molecule has 0 atom stereocenters. The van der Waals surface area contributed by atoms with Crippen molar-refractivity contribution in [3.8, 4) is 23.1 Å². The Hall–Kier alpha value is -4.64. The summed E-state index contributed by atoms with van der Waals surface area (Å²) in [6, 6.07) is 17.8. The maximum atomic E-state index is 9.23. The third-order valence-corrected chi connectivity index (χ3v) is 6.85. The van der Waals surface area contributed by atoms with Gasteiger partial charge in [0.2, 0.25) is 5.95 Å². The maximum absolute atomic E-state index is 9.23. The topological polar surface area (TPSA) is 110 Å². The molecule has 1 aliphatic rings. The average Bonchev–Trinajstić information content (AvgIpc) is 3.58. The molecule has 1 fully saturated rings. The van der Waals surface area contributed by atoms with E-state index in [9.17, 15) is 5.26 Å². The van der Waals surface area contributed by atoms with Crippen LogP contribution in [0.3, 0.4) is 0 Å². The molecule has 0 aliphatic heterocycles. The van der Waals surface area contributed by atoms with Crippen LogP contribution in [-0.2, 0) is 0 Å². The average molecular weight is 475 g/mol. The molecule has 0 radical (unpaired) electrons. The van der Waals surface area contributed by atoms with Crippen LogP contribution in [0, 0.1) is 11.3 Å². The lowest BCUT2D eigenvalue weighted by molar-refractivity contribution is 0.329. The Morgan fingerprint density at radius 1 is 1.00 bits per heavy atom. The number of nitrogens with two attached hydrogens (primary N) is 1. The van der Waals surface area contributed by atoms with E-state index < -0.39 is 0 Å². The van der Waals surface area contributed by atoms with Crippen LogP contribution in [0.2, 0.25) is 0 Å². The number of hydrogen-bond donors (Lipinski definition) is 2. The minimum Gasteiger partial charge on any atom is -0.399 e. The highest BCUT2D eigenvalue weighted by atomic mass is 15.3. The predicted molar refractivity (Wildman–Crippen MR) is 141 cm³/mol. The van der Waals surface area contributed by atoms with Crippen LogP contribution in [0.25, 0.3) is 28.0 Å². The molecule has 1 saturated carbocycles. The zero-order valence-electron chi connectivity index (χ0n) is 19.8. The zero-order valence-corrected chi connectivity index (χ0v) is 19.8. The fourth-order valence-corrected chi connectivity index (χ4v) is 4.91. The Bertz CT molecular complexity index is 1570. The van der Waals surface area contributed by atoms with Gasteiger partial charge in [-0.1, -0.05) is 19.3 Å². The fourth-order valence-electron chi connectivity index (χ4n) is 4.91. The van der Waals surface area contributed by atoms with Gasteiger partial charge < -0.3 is 11.1 Å². The van der Waals surface area contributed by atoms with Crippen LogP contribution in [-0.4, -0.2) is 24.3 Å². The van der Waals surface area contributed by atoms with E-state index in [1.54, 1.807) is 6.07 Å². The fraction of sp³-hybridized carbons (Fsp3) is 0.214. The highest BCUT2D eigenvalue weighted by Crippen LogP contribution is 2.33. The molecule has 8 heteroatoms. The van der Waals surface area contributed by atoms with Crippen molar-refractivity contribution in [1.82, 2.24) is 24.3 Å². The third-order valence-electron chi connectivity index (χ3n) is 6.85. The lowest BCUT2D eigenvalue weighted by atomic mass is 9.96. The Morgan fingerprint density at radius 2 is 1.83 bits per heavy atom. The summed E-state index contributed by atoms with van der Waals surface area (Å²) in [7, 11) is 0. The smallest absolute Gasteiger partial charge is 0.236 e. The Labute approximate surface area is 209 Å². The lowest BCUT2D eigenvalue weighted by Crippen LogP contribution is -2.12. The number of fused-ring (bicyclic) bond motifs is 1. The number of nitriles is 1. The largest absolute Gasteiger partial charge is 0.399 e. The van der Waals surface area contributed by atoms with Gasteiger partial charge in [-0.05, 0) is 61.4 Å². The molecular formula is C28H26N8. The number of anilines is 3. The molecule has 0 spiro atoms. The number of nitrogen functional groups attached to an aromatic ring is 1. The van der Waals surface area contributed by atoms with Gasteiger partial charge >= 0.3 is 0 Å². The molecule has 5 aromatic rings. The van der Waals surface area contributed by atoms with Crippen LogP contribution in [0.1, 0.15) is 43.7 Å². The van der Waals surface area contributed by atoms with E-state index >= 15 is 0 Å². The van der Waals surface area contributed by atoms with Crippen LogP contribution >= 0.6 is 0 Å². The van der Waals surface area contributed by atoms with Gasteiger partial charge in [-0.15, -0.1) is 0 Å². The number of benzene rings is 2. The normalized spacial score (nSPS) is 14.1. The van der Waals surface area contributed by atoms with Crippen LogP contribution in [0.15, 0.2) is 73.3 Å². The van der Waals surface area contributed by atoms with Gasteiger partial charge in [0, 0.05) is 46.5 Å². The molecule has 3 aromatic heterocycles. The van der Waals surface area contributed by atoms with Crippen molar-refractivity contribution >= 4 is 28.1 Å². The van der Waals surface area contributed by atoms with E-state index in [0.717, 1.165) is 27.7 Å². The molecule has 8 nitrogen and oxygen atoms in total. The molecule has 3 heterocycles. The van der Waals surface area contributed by atoms with Crippen molar-refractivity contribution in [3.63, 3.8) is 0 Å². The summed E-state index contributed by atoms with van der Waals surface area (Å²) in [4.78, 5) is 9.65. The quantitative estimate of drug-likeness (QED) is 0.303. The summed E-state index contributed by atoms with van der Waals surface area (Å²) >= 11 is 0. The standard InChI is InChI=1S/C28H26N8/c29-15-19-6-11-26-20(14-19)12-13-35(26)28-31-17-25(27(34-28)33-23-9-7-22(30)8-10-23)21-16-32-36(18-21)24-4-2-1-3-5-24/h6-14,16-18,24H,1-5,30H2,(H,31,33,34). The summed E-state index contributed by atoms with van der Waals surface area (Å²) in [5.74, 6) is 1.22. The number of nitrogens with one attached hydrogen (secondary N) is 1. The van der Waals surface area contributed by atoms with Gasteiger partial charge in [0.25, 0.3) is 0 Å². The highest BCUT2D eigenvalue weighted by molar-refractivity contribution is 5.83. The van der Waals surface area contributed by atoms with Crippen LogP contribution in [0.5, 0.6) is 0 Å². The summed E-state index contributed by atoms with van der Waals surface area (Å²) in [5, 5.41) is 18.3. The highest BCUT2D eigenvalue weighted by Gasteiger charge is 2.19. The van der Waals surface area contributed by atoms with Gasteiger partial charge in [-0.25, -0.2) is 4.98 Å². The molecule has 178 valence electrons. The van der Waals surface area contributed by atoms with Crippen LogP contribution in [0.4, 0.5) is 17.2 Å². The van der Waals surface area contributed by atoms with Crippen LogP contribution < -0.4 is 11.1 Å². The summed E-state index contributed by atoms with van der Waals surface area (Å²) in [6.07, 6.45) is 13.9. The minimum absolute atomic E-state index is 0.450. The van der Waals surface area contributed by atoms with Crippen molar-refractivity contribution in [2.24, 2.45) is 0 Å². The number of nitrogens with zero attached hydrogens (tertiary/aromatic N) is 6. The number of aromatic nitrogens is 5. The summed E-state index contributed by atoms with van der Waals surface area (Å²) < 4.78 is 4.03. The second-order valence-corrected chi connectivity index (χ2v) is 9.25. The predicted octanol–water partition coefficient (Wildman–Crippen LogP) is 5.99. The van der Waals surface area contributed by atoms with Gasteiger partial charge in [-0.2, -0.15) is 15.3 Å². The minimum atomic E-state index is 0.450. The molecule has 2 aromatic carbocycles. The second-order valence-electron chi connectivity index (χ2n) is 9.25. The number of rotatable bonds is 5. The van der Waals surface area contributed by atoms with E-state index in [1.165, 1.54) is 32.1 Å². The SMILES string of the molecule is N#Cc1ccc2c(ccn2-c2ncc(-c3cnn(C4CCCCC4)c3)c(Nc3ccc(N)cc3)n2)c1. The second kappa shape index (κ2) is 9.19. The first kappa shape index (κ1) is 21.9. The molecule has 0 bridgehead atoms. The monoisotopic (exact) mass is 474 g/mol. The first-order valence-electron chi connectivity index (χ1n) is 12.2. The van der Waals surface area contributed by atoms with Gasteiger partial charge in [0.1, 0.15) is 5.82 Å². The van der Waals surface area contributed by atoms with Gasteiger partial charge in [0.05, 0.1) is 29.4 Å². The zero-order chi connectivity index (χ0) is 24.5.